The standard InChI is InChI=1S/C16H18IN3O3/c1-10(2)7-14(16(22)23)20-15(21)11(8-18)9-19-13-5-3-12(17)4-6-13/h3-6,9-10,14,19H,7H2,1-2H3,(H,20,21)(H,22,23)/b11-9-. The molecule has 7 heteroatoms. The molecular formula is C16H18IN3O3. The summed E-state index contributed by atoms with van der Waals surface area (Å²) in [6, 6.07) is 8.14. The summed E-state index contributed by atoms with van der Waals surface area (Å²) >= 11 is 2.17. The summed E-state index contributed by atoms with van der Waals surface area (Å²) in [5.41, 5.74) is 0.543. The van der Waals surface area contributed by atoms with Crippen LogP contribution in [0, 0.1) is 20.8 Å². The van der Waals surface area contributed by atoms with Crippen LogP contribution in [0.2, 0.25) is 0 Å². The number of carbonyl (C=O) groups excluding carboxylic acids is 1. The van der Waals surface area contributed by atoms with Crippen molar-refractivity contribution >= 4 is 40.2 Å². The van der Waals surface area contributed by atoms with E-state index in [1.807, 2.05) is 38.1 Å². The number of carboxylic acid groups (broad SMARTS) is 1. The third kappa shape index (κ3) is 6.69. The second-order valence-electron chi connectivity index (χ2n) is 5.31. The maximum atomic E-state index is 12.0. The number of anilines is 1. The maximum Gasteiger partial charge on any atom is 0.326 e. The molecule has 0 heterocycles. The van der Waals surface area contributed by atoms with Crippen molar-refractivity contribution in [1.29, 1.82) is 5.26 Å². The molecule has 1 aromatic carbocycles. The normalized spacial score (nSPS) is 12.4. The smallest absolute Gasteiger partial charge is 0.326 e. The van der Waals surface area contributed by atoms with Gasteiger partial charge in [0, 0.05) is 15.5 Å². The molecule has 0 aliphatic heterocycles. The minimum absolute atomic E-state index is 0.107. The number of carboxylic acids is 1. The molecule has 0 aromatic heterocycles. The second-order valence-corrected chi connectivity index (χ2v) is 6.56. The van der Waals surface area contributed by atoms with Crippen LogP contribution in [0.25, 0.3) is 0 Å². The Hall–Kier alpha value is -2.08. The Morgan fingerprint density at radius 2 is 1.96 bits per heavy atom. The van der Waals surface area contributed by atoms with Crippen molar-refractivity contribution in [2.24, 2.45) is 5.92 Å². The molecule has 1 rings (SSSR count). The van der Waals surface area contributed by atoms with E-state index in [0.717, 1.165) is 9.26 Å². The van der Waals surface area contributed by atoms with E-state index < -0.39 is 17.9 Å². The number of halogens is 1. The molecule has 0 saturated carbocycles. The molecule has 0 bridgehead atoms. The van der Waals surface area contributed by atoms with Gasteiger partial charge in [0.2, 0.25) is 0 Å². The zero-order chi connectivity index (χ0) is 17.4. The van der Waals surface area contributed by atoms with Crippen molar-refractivity contribution in [2.75, 3.05) is 5.32 Å². The van der Waals surface area contributed by atoms with E-state index in [4.69, 9.17) is 10.4 Å². The molecule has 0 aliphatic carbocycles. The lowest BCUT2D eigenvalue weighted by atomic mass is 10.0. The third-order valence-corrected chi connectivity index (χ3v) is 3.62. The van der Waals surface area contributed by atoms with Crippen molar-refractivity contribution in [3.05, 3.63) is 39.6 Å². The van der Waals surface area contributed by atoms with Crippen molar-refractivity contribution < 1.29 is 14.7 Å². The molecule has 122 valence electrons. The van der Waals surface area contributed by atoms with Crippen LogP contribution in [-0.2, 0) is 9.59 Å². The average Bonchev–Trinajstić information content (AvgIpc) is 2.48. The SMILES string of the molecule is CC(C)CC(NC(=O)/C(C#N)=C\Nc1ccc(I)cc1)C(=O)O. The van der Waals surface area contributed by atoms with Gasteiger partial charge in [-0.3, -0.25) is 4.79 Å². The molecule has 1 atom stereocenters. The Kier molecular flexibility index (Phi) is 7.54. The summed E-state index contributed by atoms with van der Waals surface area (Å²) in [6.45, 7) is 3.73. The fourth-order valence-corrected chi connectivity index (χ4v) is 2.14. The monoisotopic (exact) mass is 427 g/mol. The lowest BCUT2D eigenvalue weighted by Crippen LogP contribution is -2.42. The summed E-state index contributed by atoms with van der Waals surface area (Å²) < 4.78 is 1.06. The summed E-state index contributed by atoms with van der Waals surface area (Å²) in [4.78, 5) is 23.2. The third-order valence-electron chi connectivity index (χ3n) is 2.90. The number of rotatable bonds is 7. The fourth-order valence-electron chi connectivity index (χ4n) is 1.78. The van der Waals surface area contributed by atoms with Crippen molar-refractivity contribution in [1.82, 2.24) is 5.32 Å². The summed E-state index contributed by atoms with van der Waals surface area (Å²) in [7, 11) is 0. The van der Waals surface area contributed by atoms with E-state index in [9.17, 15) is 9.59 Å². The number of hydrogen-bond donors (Lipinski definition) is 3. The van der Waals surface area contributed by atoms with Crippen molar-refractivity contribution in [3.63, 3.8) is 0 Å². The minimum atomic E-state index is -1.12. The van der Waals surface area contributed by atoms with E-state index in [-0.39, 0.29) is 11.5 Å². The fraction of sp³-hybridized carbons (Fsp3) is 0.312. The molecule has 1 unspecified atom stereocenters. The van der Waals surface area contributed by atoms with Crippen LogP contribution in [0.5, 0.6) is 0 Å². The van der Waals surface area contributed by atoms with Gasteiger partial charge in [-0.1, -0.05) is 13.8 Å². The number of nitriles is 1. The van der Waals surface area contributed by atoms with Crippen LogP contribution >= 0.6 is 22.6 Å². The van der Waals surface area contributed by atoms with Gasteiger partial charge in [-0.05, 0) is 59.2 Å². The molecule has 3 N–H and O–H groups in total. The van der Waals surface area contributed by atoms with E-state index in [2.05, 4.69) is 33.2 Å². The molecule has 0 spiro atoms. The zero-order valence-corrected chi connectivity index (χ0v) is 15.0. The van der Waals surface area contributed by atoms with E-state index in [1.165, 1.54) is 6.20 Å². The van der Waals surface area contributed by atoms with Crippen LogP contribution in [0.3, 0.4) is 0 Å². The molecule has 6 nitrogen and oxygen atoms in total. The molecule has 1 amide bonds. The van der Waals surface area contributed by atoms with E-state index >= 15 is 0 Å². The van der Waals surface area contributed by atoms with Gasteiger partial charge in [0.1, 0.15) is 17.7 Å². The van der Waals surface area contributed by atoms with E-state index in [0.29, 0.717) is 6.42 Å². The first-order valence-electron chi connectivity index (χ1n) is 6.99. The van der Waals surface area contributed by atoms with E-state index in [1.54, 1.807) is 6.07 Å². The molecule has 0 radical (unpaired) electrons. The lowest BCUT2D eigenvalue weighted by Gasteiger charge is -2.16. The molecule has 0 aliphatic rings. The Morgan fingerprint density at radius 1 is 1.35 bits per heavy atom. The van der Waals surface area contributed by atoms with Gasteiger partial charge >= 0.3 is 5.97 Å². The Morgan fingerprint density at radius 3 is 2.43 bits per heavy atom. The van der Waals surface area contributed by atoms with Crippen LogP contribution in [0.4, 0.5) is 5.69 Å². The molecule has 0 saturated heterocycles. The van der Waals surface area contributed by atoms with Gasteiger partial charge in [-0.15, -0.1) is 0 Å². The first-order chi connectivity index (χ1) is 10.8. The summed E-state index contributed by atoms with van der Waals surface area (Å²) in [5, 5.41) is 23.4. The average molecular weight is 427 g/mol. The summed E-state index contributed by atoms with van der Waals surface area (Å²) in [6.07, 6.45) is 1.57. The quantitative estimate of drug-likeness (QED) is 0.353. The Labute approximate surface area is 148 Å². The Bertz CT molecular complexity index is 633. The van der Waals surface area contributed by atoms with Gasteiger partial charge in [0.05, 0.1) is 0 Å². The summed E-state index contributed by atoms with van der Waals surface area (Å²) in [5.74, 6) is -1.72. The number of aliphatic carboxylic acids is 1. The molecular weight excluding hydrogens is 409 g/mol. The largest absolute Gasteiger partial charge is 0.480 e. The number of nitrogens with one attached hydrogen (secondary N) is 2. The van der Waals surface area contributed by atoms with Gasteiger partial charge in [0.25, 0.3) is 5.91 Å². The number of amides is 1. The number of hydrogen-bond acceptors (Lipinski definition) is 4. The number of carbonyl (C=O) groups is 2. The lowest BCUT2D eigenvalue weighted by molar-refractivity contribution is -0.141. The number of benzene rings is 1. The van der Waals surface area contributed by atoms with Crippen LogP contribution in [0.1, 0.15) is 20.3 Å². The van der Waals surface area contributed by atoms with Crippen LogP contribution in [-0.4, -0.2) is 23.0 Å². The molecule has 1 aromatic rings. The van der Waals surface area contributed by atoms with Gasteiger partial charge in [-0.25, -0.2) is 4.79 Å². The predicted molar refractivity (Wildman–Crippen MR) is 95.5 cm³/mol. The first kappa shape index (κ1) is 19.0. The van der Waals surface area contributed by atoms with Crippen LogP contribution < -0.4 is 10.6 Å². The highest BCUT2D eigenvalue weighted by Crippen LogP contribution is 2.12. The molecule has 0 fully saturated rings. The topological polar surface area (TPSA) is 102 Å². The zero-order valence-electron chi connectivity index (χ0n) is 12.8. The highest BCUT2D eigenvalue weighted by atomic mass is 127. The van der Waals surface area contributed by atoms with Crippen molar-refractivity contribution in [3.8, 4) is 6.07 Å². The van der Waals surface area contributed by atoms with Crippen LogP contribution in [0.15, 0.2) is 36.0 Å². The number of nitrogens with zero attached hydrogens (tertiary/aromatic N) is 1. The highest BCUT2D eigenvalue weighted by molar-refractivity contribution is 14.1. The second kappa shape index (κ2) is 9.15. The van der Waals surface area contributed by atoms with Gasteiger partial charge in [0.15, 0.2) is 0 Å². The maximum absolute atomic E-state index is 12.0. The van der Waals surface area contributed by atoms with Gasteiger partial charge < -0.3 is 15.7 Å². The molecule has 23 heavy (non-hydrogen) atoms. The Balaban J connectivity index is 2.77. The first-order valence-corrected chi connectivity index (χ1v) is 8.07. The highest BCUT2D eigenvalue weighted by Gasteiger charge is 2.22. The predicted octanol–water partition coefficient (Wildman–Crippen LogP) is 2.73. The van der Waals surface area contributed by atoms with Gasteiger partial charge in [-0.2, -0.15) is 5.26 Å². The minimum Gasteiger partial charge on any atom is -0.480 e. The van der Waals surface area contributed by atoms with Crippen molar-refractivity contribution in [2.45, 2.75) is 26.3 Å².